The average molecular weight is 338 g/mol. The van der Waals surface area contributed by atoms with Crippen molar-refractivity contribution in [2.75, 3.05) is 0 Å². The van der Waals surface area contributed by atoms with E-state index in [9.17, 15) is 9.59 Å². The Bertz CT molecular complexity index is 672. The zero-order chi connectivity index (χ0) is 16.1. The molecule has 2 amide bonds. The largest absolute Gasteiger partial charge is 0.368 e. The Kier molecular flexibility index (Phi) is 5.35. The van der Waals surface area contributed by atoms with Crippen molar-refractivity contribution in [1.29, 1.82) is 0 Å². The first-order chi connectivity index (χ1) is 10.5. The molecule has 2 rings (SSSR count). The van der Waals surface area contributed by atoms with E-state index in [4.69, 9.17) is 28.9 Å². The van der Waals surface area contributed by atoms with Gasteiger partial charge in [-0.15, -0.1) is 0 Å². The summed E-state index contributed by atoms with van der Waals surface area (Å²) in [5, 5.41) is 3.39. The summed E-state index contributed by atoms with van der Waals surface area (Å²) >= 11 is 12.1. The number of nitrogens with zero attached hydrogens (tertiary/aromatic N) is 1. The number of rotatable bonds is 5. The van der Waals surface area contributed by atoms with Gasteiger partial charge in [0.2, 0.25) is 5.91 Å². The third-order valence-corrected chi connectivity index (χ3v) is 3.75. The molecular formula is C15H13Cl2N3O2. The lowest BCUT2D eigenvalue weighted by Gasteiger charge is -2.17. The van der Waals surface area contributed by atoms with E-state index in [0.29, 0.717) is 21.2 Å². The number of nitrogens with one attached hydrogen (secondary N) is 1. The van der Waals surface area contributed by atoms with Crippen LogP contribution in [-0.4, -0.2) is 22.8 Å². The van der Waals surface area contributed by atoms with Crippen molar-refractivity contribution in [3.63, 3.8) is 0 Å². The minimum atomic E-state index is -0.926. The SMILES string of the molecule is NC(=O)[C@H](Cc1c(Cl)cccc1Cl)NC(=O)c1cccnc1. The lowest BCUT2D eigenvalue weighted by atomic mass is 10.0. The molecule has 0 aliphatic rings. The number of halogens is 2. The van der Waals surface area contributed by atoms with Crippen molar-refractivity contribution in [2.45, 2.75) is 12.5 Å². The Balaban J connectivity index is 2.18. The zero-order valence-electron chi connectivity index (χ0n) is 11.4. The molecule has 0 unspecified atom stereocenters. The first-order valence-electron chi connectivity index (χ1n) is 6.42. The maximum Gasteiger partial charge on any atom is 0.253 e. The Morgan fingerprint density at radius 3 is 2.41 bits per heavy atom. The molecule has 0 aliphatic heterocycles. The van der Waals surface area contributed by atoms with Gasteiger partial charge in [0.05, 0.1) is 5.56 Å². The number of nitrogens with two attached hydrogens (primary N) is 1. The summed E-state index contributed by atoms with van der Waals surface area (Å²) in [6, 6.07) is 7.29. The minimum absolute atomic E-state index is 0.111. The van der Waals surface area contributed by atoms with Crippen LogP contribution in [0.5, 0.6) is 0 Å². The molecule has 1 aromatic heterocycles. The molecule has 5 nitrogen and oxygen atoms in total. The van der Waals surface area contributed by atoms with E-state index in [1.807, 2.05) is 0 Å². The summed E-state index contributed by atoms with van der Waals surface area (Å²) in [5.41, 5.74) is 6.24. The predicted molar refractivity (Wildman–Crippen MR) is 84.9 cm³/mol. The standard InChI is InChI=1S/C15H13Cl2N3O2/c16-11-4-1-5-12(17)10(11)7-13(14(18)21)20-15(22)9-3-2-6-19-8-9/h1-6,8,13H,7H2,(H2,18,21)(H,20,22)/t13-/m0/s1. The Hall–Kier alpha value is -2.11. The molecule has 1 heterocycles. The summed E-state index contributed by atoms with van der Waals surface area (Å²) < 4.78 is 0. The third-order valence-electron chi connectivity index (χ3n) is 3.04. The number of pyridine rings is 1. The molecular weight excluding hydrogens is 325 g/mol. The molecule has 0 spiro atoms. The van der Waals surface area contributed by atoms with Gasteiger partial charge in [0, 0.05) is 28.9 Å². The number of carbonyl (C=O) groups excluding carboxylic acids is 2. The number of carbonyl (C=O) groups is 2. The molecule has 1 atom stereocenters. The Morgan fingerprint density at radius 1 is 1.18 bits per heavy atom. The number of amides is 2. The van der Waals surface area contributed by atoms with Crippen molar-refractivity contribution < 1.29 is 9.59 Å². The van der Waals surface area contributed by atoms with Gasteiger partial charge in [-0.1, -0.05) is 29.3 Å². The minimum Gasteiger partial charge on any atom is -0.368 e. The van der Waals surface area contributed by atoms with Gasteiger partial charge in [0.25, 0.3) is 5.91 Å². The number of hydrogen-bond donors (Lipinski definition) is 2. The molecule has 0 radical (unpaired) electrons. The van der Waals surface area contributed by atoms with Crippen LogP contribution in [0.2, 0.25) is 10.0 Å². The van der Waals surface area contributed by atoms with E-state index in [1.54, 1.807) is 36.5 Å². The summed E-state index contributed by atoms with van der Waals surface area (Å²) in [6.07, 6.45) is 3.06. The molecule has 0 aliphatic carbocycles. The van der Waals surface area contributed by atoms with Gasteiger partial charge in [-0.05, 0) is 29.8 Å². The van der Waals surface area contributed by atoms with E-state index in [0.717, 1.165) is 0 Å². The van der Waals surface area contributed by atoms with Crippen LogP contribution in [0.1, 0.15) is 15.9 Å². The first-order valence-corrected chi connectivity index (χ1v) is 7.17. The molecule has 0 saturated carbocycles. The van der Waals surface area contributed by atoms with Gasteiger partial charge < -0.3 is 11.1 Å². The second kappa shape index (κ2) is 7.24. The van der Waals surface area contributed by atoms with Crippen molar-refractivity contribution >= 4 is 35.0 Å². The average Bonchev–Trinajstić information content (AvgIpc) is 2.50. The monoisotopic (exact) mass is 337 g/mol. The first kappa shape index (κ1) is 16.3. The highest BCUT2D eigenvalue weighted by molar-refractivity contribution is 6.36. The maximum absolute atomic E-state index is 12.1. The van der Waals surface area contributed by atoms with Crippen molar-refractivity contribution in [3.05, 3.63) is 63.9 Å². The molecule has 1 aromatic carbocycles. The Labute approximate surface area is 137 Å². The summed E-state index contributed by atoms with van der Waals surface area (Å²) in [7, 11) is 0. The van der Waals surface area contributed by atoms with Crippen molar-refractivity contribution in [1.82, 2.24) is 10.3 Å². The maximum atomic E-state index is 12.1. The molecule has 7 heteroatoms. The highest BCUT2D eigenvalue weighted by Gasteiger charge is 2.21. The van der Waals surface area contributed by atoms with Gasteiger partial charge in [-0.2, -0.15) is 0 Å². The van der Waals surface area contributed by atoms with Crippen LogP contribution in [0.25, 0.3) is 0 Å². The van der Waals surface area contributed by atoms with Gasteiger partial charge in [-0.25, -0.2) is 0 Å². The van der Waals surface area contributed by atoms with E-state index in [1.165, 1.54) is 6.20 Å². The second-order valence-corrected chi connectivity index (χ2v) is 5.39. The zero-order valence-corrected chi connectivity index (χ0v) is 12.9. The lowest BCUT2D eigenvalue weighted by molar-refractivity contribution is -0.119. The lowest BCUT2D eigenvalue weighted by Crippen LogP contribution is -2.46. The number of primary amides is 1. The van der Waals surface area contributed by atoms with Crippen LogP contribution in [0.4, 0.5) is 0 Å². The second-order valence-electron chi connectivity index (χ2n) is 4.57. The van der Waals surface area contributed by atoms with E-state index >= 15 is 0 Å². The van der Waals surface area contributed by atoms with Crippen molar-refractivity contribution in [2.24, 2.45) is 5.73 Å². The molecule has 2 aromatic rings. The van der Waals surface area contributed by atoms with Gasteiger partial charge in [0.1, 0.15) is 6.04 Å². The highest BCUT2D eigenvalue weighted by Crippen LogP contribution is 2.25. The van der Waals surface area contributed by atoms with Crippen LogP contribution in [0.3, 0.4) is 0 Å². The summed E-state index contributed by atoms with van der Waals surface area (Å²) in [5.74, 6) is -1.12. The number of benzene rings is 1. The van der Waals surface area contributed by atoms with E-state index < -0.39 is 17.9 Å². The number of aromatic nitrogens is 1. The Morgan fingerprint density at radius 2 is 1.86 bits per heavy atom. The predicted octanol–water partition coefficient (Wildman–Crippen LogP) is 2.21. The molecule has 114 valence electrons. The van der Waals surface area contributed by atoms with Crippen LogP contribution in [-0.2, 0) is 11.2 Å². The normalized spacial score (nSPS) is 11.7. The topological polar surface area (TPSA) is 85.1 Å². The fraction of sp³-hybridized carbons (Fsp3) is 0.133. The molecule has 22 heavy (non-hydrogen) atoms. The number of hydrogen-bond acceptors (Lipinski definition) is 3. The smallest absolute Gasteiger partial charge is 0.253 e. The summed E-state index contributed by atoms with van der Waals surface area (Å²) in [4.78, 5) is 27.5. The highest BCUT2D eigenvalue weighted by atomic mass is 35.5. The fourth-order valence-electron chi connectivity index (χ4n) is 1.89. The van der Waals surface area contributed by atoms with Crippen LogP contribution < -0.4 is 11.1 Å². The van der Waals surface area contributed by atoms with E-state index in [2.05, 4.69) is 10.3 Å². The molecule has 0 fully saturated rings. The van der Waals surface area contributed by atoms with Crippen LogP contribution >= 0.6 is 23.2 Å². The fourth-order valence-corrected chi connectivity index (χ4v) is 2.44. The van der Waals surface area contributed by atoms with E-state index in [-0.39, 0.29) is 6.42 Å². The third kappa shape index (κ3) is 3.96. The van der Waals surface area contributed by atoms with Gasteiger partial charge in [0.15, 0.2) is 0 Å². The molecule has 0 saturated heterocycles. The van der Waals surface area contributed by atoms with Crippen LogP contribution in [0.15, 0.2) is 42.7 Å². The van der Waals surface area contributed by atoms with Gasteiger partial charge in [-0.3, -0.25) is 14.6 Å². The molecule has 3 N–H and O–H groups in total. The van der Waals surface area contributed by atoms with Crippen molar-refractivity contribution in [3.8, 4) is 0 Å². The van der Waals surface area contributed by atoms with Crippen LogP contribution in [0, 0.1) is 0 Å². The van der Waals surface area contributed by atoms with Gasteiger partial charge >= 0.3 is 0 Å². The quantitative estimate of drug-likeness (QED) is 0.877. The summed E-state index contributed by atoms with van der Waals surface area (Å²) in [6.45, 7) is 0. The molecule has 0 bridgehead atoms.